The average Bonchev–Trinajstić information content (AvgIpc) is 3.06. The molecule has 28 heavy (non-hydrogen) atoms. The molecule has 0 N–H and O–H groups in total. The number of benzene rings is 1. The lowest BCUT2D eigenvalue weighted by Gasteiger charge is -2.34. The summed E-state index contributed by atoms with van der Waals surface area (Å²) in [5.74, 6) is 0.101. The van der Waals surface area contributed by atoms with E-state index in [0.29, 0.717) is 6.54 Å². The summed E-state index contributed by atoms with van der Waals surface area (Å²) in [4.78, 5) is 21.1. The fourth-order valence-electron chi connectivity index (χ4n) is 4.26. The molecule has 1 saturated heterocycles. The van der Waals surface area contributed by atoms with Gasteiger partial charge in [0.05, 0.1) is 6.04 Å². The predicted molar refractivity (Wildman–Crippen MR) is 111 cm³/mol. The van der Waals surface area contributed by atoms with E-state index >= 15 is 0 Å². The Kier molecular flexibility index (Phi) is 6.09. The minimum atomic E-state index is -0.134. The molecule has 1 aromatic heterocycles. The topological polar surface area (TPSA) is 26.8 Å². The smallest absolute Gasteiger partial charge is 0.239 e. The first-order valence-corrected chi connectivity index (χ1v) is 11.0. The number of halogens is 1. The van der Waals surface area contributed by atoms with Crippen LogP contribution in [0, 0.1) is 5.82 Å². The van der Waals surface area contributed by atoms with Crippen molar-refractivity contribution in [3.05, 3.63) is 57.5 Å². The maximum atomic E-state index is 14.0. The van der Waals surface area contributed by atoms with Crippen LogP contribution < -0.4 is 0 Å². The second-order valence-corrected chi connectivity index (χ2v) is 8.81. The van der Waals surface area contributed by atoms with Crippen LogP contribution in [0.4, 0.5) is 4.39 Å². The molecule has 2 aliphatic rings. The molecule has 0 aliphatic carbocycles. The van der Waals surface area contributed by atoms with Gasteiger partial charge in [-0.3, -0.25) is 14.6 Å². The van der Waals surface area contributed by atoms with Gasteiger partial charge in [0.1, 0.15) is 5.82 Å². The Bertz CT molecular complexity index is 824. The van der Waals surface area contributed by atoms with Gasteiger partial charge in [0, 0.05) is 49.7 Å². The molecule has 2 aromatic rings. The number of carbonyl (C=O) groups excluding carboxylic acids is 1. The van der Waals surface area contributed by atoms with Gasteiger partial charge < -0.3 is 4.90 Å². The molecule has 1 fully saturated rings. The molecule has 3 heterocycles. The van der Waals surface area contributed by atoms with E-state index < -0.39 is 0 Å². The molecule has 0 bridgehead atoms. The van der Waals surface area contributed by atoms with Crippen molar-refractivity contribution in [3.63, 3.8) is 0 Å². The van der Waals surface area contributed by atoms with Crippen LogP contribution in [0.3, 0.4) is 0 Å². The maximum Gasteiger partial charge on any atom is 0.239 e. The molecule has 0 saturated carbocycles. The highest BCUT2D eigenvalue weighted by Crippen LogP contribution is 2.25. The second kappa shape index (κ2) is 8.72. The summed E-state index contributed by atoms with van der Waals surface area (Å²) >= 11 is 1.80. The first-order valence-electron chi connectivity index (χ1n) is 10.2. The number of amides is 1. The van der Waals surface area contributed by atoms with Gasteiger partial charge in [0.15, 0.2) is 0 Å². The number of fused-ring (bicyclic) bond motifs is 1. The van der Waals surface area contributed by atoms with Crippen molar-refractivity contribution in [2.24, 2.45) is 0 Å². The van der Waals surface area contributed by atoms with Crippen LogP contribution in [0.1, 0.15) is 29.3 Å². The van der Waals surface area contributed by atoms with E-state index in [2.05, 4.69) is 21.2 Å². The zero-order valence-corrected chi connectivity index (χ0v) is 17.3. The highest BCUT2D eigenvalue weighted by molar-refractivity contribution is 7.10. The number of hydrogen-bond donors (Lipinski definition) is 0. The van der Waals surface area contributed by atoms with Crippen LogP contribution in [0.15, 0.2) is 35.7 Å². The zero-order chi connectivity index (χ0) is 19.5. The van der Waals surface area contributed by atoms with E-state index in [0.717, 1.165) is 57.7 Å². The standard InChI is InChI=1S/C22H28FN3OS/c1-17(22(27)26-11-7-21-19(16-26)8-14-28-21)25-10-4-9-24(12-13-25)15-18-5-2-3-6-20(18)23/h2-3,5-6,8,14,17H,4,7,9-13,15-16H2,1H3. The highest BCUT2D eigenvalue weighted by atomic mass is 32.1. The molecule has 4 nitrogen and oxygen atoms in total. The van der Waals surface area contributed by atoms with Crippen molar-refractivity contribution in [2.45, 2.75) is 38.9 Å². The Hall–Kier alpha value is -1.76. The first-order chi connectivity index (χ1) is 13.6. The Balaban J connectivity index is 1.33. The largest absolute Gasteiger partial charge is 0.337 e. The average molecular weight is 402 g/mol. The Labute approximate surface area is 170 Å². The molecule has 0 spiro atoms. The third kappa shape index (κ3) is 4.29. The predicted octanol–water partition coefficient (Wildman–Crippen LogP) is 3.37. The Morgan fingerprint density at radius 3 is 2.86 bits per heavy atom. The summed E-state index contributed by atoms with van der Waals surface area (Å²) in [5, 5.41) is 2.13. The Morgan fingerprint density at radius 2 is 2.00 bits per heavy atom. The molecular weight excluding hydrogens is 373 g/mol. The Morgan fingerprint density at radius 1 is 1.14 bits per heavy atom. The molecule has 1 unspecified atom stereocenters. The van der Waals surface area contributed by atoms with Gasteiger partial charge in [-0.05, 0) is 49.4 Å². The van der Waals surface area contributed by atoms with E-state index in [-0.39, 0.29) is 17.8 Å². The van der Waals surface area contributed by atoms with Gasteiger partial charge >= 0.3 is 0 Å². The molecule has 1 atom stereocenters. The number of hydrogen-bond acceptors (Lipinski definition) is 4. The van der Waals surface area contributed by atoms with Crippen LogP contribution in [0.5, 0.6) is 0 Å². The van der Waals surface area contributed by atoms with Crippen molar-refractivity contribution in [1.29, 1.82) is 0 Å². The van der Waals surface area contributed by atoms with Crippen LogP contribution in [0.25, 0.3) is 0 Å². The van der Waals surface area contributed by atoms with E-state index in [4.69, 9.17) is 0 Å². The third-order valence-corrected chi connectivity index (χ3v) is 7.02. The maximum absolute atomic E-state index is 14.0. The van der Waals surface area contributed by atoms with Crippen molar-refractivity contribution >= 4 is 17.2 Å². The lowest BCUT2D eigenvalue weighted by atomic mass is 10.1. The van der Waals surface area contributed by atoms with Crippen LogP contribution in [-0.4, -0.2) is 59.4 Å². The monoisotopic (exact) mass is 401 g/mol. The SMILES string of the molecule is CC(C(=O)N1CCc2sccc2C1)N1CCCN(Cc2ccccc2F)CC1. The van der Waals surface area contributed by atoms with Crippen molar-refractivity contribution < 1.29 is 9.18 Å². The van der Waals surface area contributed by atoms with Gasteiger partial charge in [-0.25, -0.2) is 4.39 Å². The summed E-state index contributed by atoms with van der Waals surface area (Å²) in [6, 6.07) is 9.05. The van der Waals surface area contributed by atoms with Crippen LogP contribution >= 0.6 is 11.3 Å². The molecular formula is C22H28FN3OS. The molecule has 1 amide bonds. The van der Waals surface area contributed by atoms with Crippen molar-refractivity contribution in [2.75, 3.05) is 32.7 Å². The first kappa shape index (κ1) is 19.6. The minimum Gasteiger partial charge on any atom is -0.337 e. The van der Waals surface area contributed by atoms with Gasteiger partial charge in [-0.2, -0.15) is 0 Å². The quantitative estimate of drug-likeness (QED) is 0.786. The van der Waals surface area contributed by atoms with E-state index in [1.165, 1.54) is 16.5 Å². The van der Waals surface area contributed by atoms with Crippen molar-refractivity contribution in [1.82, 2.24) is 14.7 Å². The lowest BCUT2D eigenvalue weighted by molar-refractivity contribution is -0.137. The lowest BCUT2D eigenvalue weighted by Crippen LogP contribution is -2.49. The summed E-state index contributed by atoms with van der Waals surface area (Å²) < 4.78 is 14.0. The molecule has 6 heteroatoms. The summed E-state index contributed by atoms with van der Waals surface area (Å²) in [7, 11) is 0. The summed E-state index contributed by atoms with van der Waals surface area (Å²) in [6.45, 7) is 7.80. The third-order valence-electron chi connectivity index (χ3n) is 6.00. The fourth-order valence-corrected chi connectivity index (χ4v) is 5.15. The number of nitrogens with zero attached hydrogens (tertiary/aromatic N) is 3. The number of thiophene rings is 1. The van der Waals surface area contributed by atoms with E-state index in [9.17, 15) is 9.18 Å². The van der Waals surface area contributed by atoms with Crippen LogP contribution in [-0.2, 0) is 24.3 Å². The fraction of sp³-hybridized carbons (Fsp3) is 0.500. The zero-order valence-electron chi connectivity index (χ0n) is 16.4. The number of rotatable bonds is 4. The molecule has 0 radical (unpaired) electrons. The van der Waals surface area contributed by atoms with Gasteiger partial charge in [0.25, 0.3) is 0 Å². The molecule has 2 aliphatic heterocycles. The molecule has 4 rings (SSSR count). The second-order valence-electron chi connectivity index (χ2n) is 7.81. The van der Waals surface area contributed by atoms with Crippen LogP contribution in [0.2, 0.25) is 0 Å². The van der Waals surface area contributed by atoms with Gasteiger partial charge in [0.2, 0.25) is 5.91 Å². The minimum absolute atomic E-state index is 0.103. The highest BCUT2D eigenvalue weighted by Gasteiger charge is 2.30. The molecule has 1 aromatic carbocycles. The van der Waals surface area contributed by atoms with Gasteiger partial charge in [-0.15, -0.1) is 11.3 Å². The van der Waals surface area contributed by atoms with Crippen molar-refractivity contribution in [3.8, 4) is 0 Å². The van der Waals surface area contributed by atoms with Gasteiger partial charge in [-0.1, -0.05) is 18.2 Å². The van der Waals surface area contributed by atoms with E-state index in [1.54, 1.807) is 17.4 Å². The summed E-state index contributed by atoms with van der Waals surface area (Å²) in [5.41, 5.74) is 2.06. The normalized spacial score (nSPS) is 19.9. The molecule has 150 valence electrons. The number of carbonyl (C=O) groups is 1. The van der Waals surface area contributed by atoms with E-state index in [1.807, 2.05) is 24.0 Å². The summed E-state index contributed by atoms with van der Waals surface area (Å²) in [6.07, 6.45) is 1.97.